The van der Waals surface area contributed by atoms with E-state index in [1.807, 2.05) is 25.1 Å². The van der Waals surface area contributed by atoms with Crippen LogP contribution >= 0.6 is 0 Å². The highest BCUT2D eigenvalue weighted by atomic mass is 19.4. The summed E-state index contributed by atoms with van der Waals surface area (Å²) in [6.45, 7) is 1.91. The molecule has 1 aromatic heterocycles. The van der Waals surface area contributed by atoms with E-state index in [2.05, 4.69) is 4.98 Å². The molecule has 0 aliphatic carbocycles. The van der Waals surface area contributed by atoms with Gasteiger partial charge in [0.15, 0.2) is 5.78 Å². The van der Waals surface area contributed by atoms with Crippen LogP contribution in [-0.2, 0) is 12.6 Å². The van der Waals surface area contributed by atoms with Crippen LogP contribution < -0.4 is 0 Å². The molecule has 0 saturated carbocycles. The Labute approximate surface area is 114 Å². The third kappa shape index (κ3) is 3.44. The molecule has 1 heterocycles. The highest BCUT2D eigenvalue weighted by molar-refractivity contribution is 5.95. The van der Waals surface area contributed by atoms with Crippen molar-refractivity contribution in [3.63, 3.8) is 0 Å². The summed E-state index contributed by atoms with van der Waals surface area (Å²) in [5.41, 5.74) is 1.02. The second kappa shape index (κ2) is 5.45. The summed E-state index contributed by atoms with van der Waals surface area (Å²) in [6.07, 6.45) is -3.63. The number of nitrogens with zero attached hydrogens (tertiary/aromatic N) is 1. The summed E-state index contributed by atoms with van der Waals surface area (Å²) in [6, 6.07) is 9.39. The van der Waals surface area contributed by atoms with Gasteiger partial charge in [-0.2, -0.15) is 13.2 Å². The number of hydrogen-bond donors (Lipinski definition) is 0. The Morgan fingerprint density at radius 3 is 2.50 bits per heavy atom. The predicted octanol–water partition coefficient (Wildman–Crippen LogP) is 3.83. The van der Waals surface area contributed by atoms with E-state index in [1.54, 1.807) is 6.07 Å². The van der Waals surface area contributed by atoms with E-state index >= 15 is 0 Å². The van der Waals surface area contributed by atoms with E-state index < -0.39 is 11.7 Å². The standard InChI is InChI=1S/C15H12F3NO/c1-10-3-2-4-11(7-10)8-14(20)13-6-5-12(9-19-13)15(16,17)18/h2-7,9H,8H2,1H3. The van der Waals surface area contributed by atoms with Crippen molar-refractivity contribution < 1.29 is 18.0 Å². The van der Waals surface area contributed by atoms with Crippen LogP contribution in [0.15, 0.2) is 42.6 Å². The van der Waals surface area contributed by atoms with Gasteiger partial charge in [0, 0.05) is 12.6 Å². The fraction of sp³-hybridized carbons (Fsp3) is 0.200. The van der Waals surface area contributed by atoms with Crippen LogP contribution in [0.3, 0.4) is 0 Å². The molecule has 2 nitrogen and oxygen atoms in total. The number of alkyl halides is 3. The molecule has 0 aliphatic heterocycles. The second-order valence-electron chi connectivity index (χ2n) is 4.52. The fourth-order valence-corrected chi connectivity index (χ4v) is 1.82. The molecule has 0 aliphatic rings. The van der Waals surface area contributed by atoms with Crippen LogP contribution in [0.25, 0.3) is 0 Å². The summed E-state index contributed by atoms with van der Waals surface area (Å²) in [4.78, 5) is 15.5. The summed E-state index contributed by atoms with van der Waals surface area (Å²) in [7, 11) is 0. The van der Waals surface area contributed by atoms with Crippen LogP contribution in [0.4, 0.5) is 13.2 Å². The van der Waals surface area contributed by atoms with E-state index in [1.165, 1.54) is 0 Å². The van der Waals surface area contributed by atoms with E-state index in [9.17, 15) is 18.0 Å². The smallest absolute Gasteiger partial charge is 0.292 e. The Balaban J connectivity index is 2.14. The van der Waals surface area contributed by atoms with Gasteiger partial charge in [-0.05, 0) is 24.6 Å². The SMILES string of the molecule is Cc1cccc(CC(=O)c2ccc(C(F)(F)F)cn2)c1. The van der Waals surface area contributed by atoms with Crippen molar-refractivity contribution in [2.24, 2.45) is 0 Å². The Hall–Kier alpha value is -2.17. The molecule has 0 spiro atoms. The highest BCUT2D eigenvalue weighted by Crippen LogP contribution is 2.28. The zero-order valence-electron chi connectivity index (χ0n) is 10.7. The van der Waals surface area contributed by atoms with Crippen molar-refractivity contribution in [3.05, 3.63) is 65.0 Å². The van der Waals surface area contributed by atoms with Gasteiger partial charge in [0.2, 0.25) is 0 Å². The topological polar surface area (TPSA) is 30.0 Å². The fourth-order valence-electron chi connectivity index (χ4n) is 1.82. The van der Waals surface area contributed by atoms with Crippen molar-refractivity contribution in [1.29, 1.82) is 0 Å². The first-order chi connectivity index (χ1) is 9.36. The number of carbonyl (C=O) groups is 1. The monoisotopic (exact) mass is 279 g/mol. The number of rotatable bonds is 3. The average molecular weight is 279 g/mol. The molecular weight excluding hydrogens is 267 g/mol. The predicted molar refractivity (Wildman–Crippen MR) is 68.5 cm³/mol. The molecule has 0 radical (unpaired) electrons. The van der Waals surface area contributed by atoms with Gasteiger partial charge in [-0.25, -0.2) is 0 Å². The molecule has 0 fully saturated rings. The van der Waals surface area contributed by atoms with E-state index in [0.29, 0.717) is 6.20 Å². The van der Waals surface area contributed by atoms with Crippen molar-refractivity contribution >= 4 is 5.78 Å². The van der Waals surface area contributed by atoms with Gasteiger partial charge >= 0.3 is 6.18 Å². The van der Waals surface area contributed by atoms with Gasteiger partial charge < -0.3 is 0 Å². The molecular formula is C15H12F3NO. The normalized spacial score (nSPS) is 11.4. The van der Waals surface area contributed by atoms with Crippen LogP contribution in [0, 0.1) is 6.92 Å². The summed E-state index contributed by atoms with van der Waals surface area (Å²) >= 11 is 0. The molecule has 0 amide bonds. The first-order valence-corrected chi connectivity index (χ1v) is 5.98. The minimum atomic E-state index is -4.44. The minimum Gasteiger partial charge on any atom is -0.292 e. The lowest BCUT2D eigenvalue weighted by atomic mass is 10.0. The molecule has 0 N–H and O–H groups in total. The van der Waals surface area contributed by atoms with Crippen molar-refractivity contribution in [2.75, 3.05) is 0 Å². The summed E-state index contributed by atoms with van der Waals surface area (Å²) < 4.78 is 37.2. The Kier molecular flexibility index (Phi) is 3.88. The lowest BCUT2D eigenvalue weighted by Crippen LogP contribution is -2.09. The Morgan fingerprint density at radius 2 is 1.95 bits per heavy atom. The molecule has 0 bridgehead atoms. The van der Waals surface area contributed by atoms with Crippen LogP contribution in [0.1, 0.15) is 27.2 Å². The largest absolute Gasteiger partial charge is 0.417 e. The van der Waals surface area contributed by atoms with E-state index in [4.69, 9.17) is 0 Å². The van der Waals surface area contributed by atoms with E-state index in [0.717, 1.165) is 23.3 Å². The molecule has 104 valence electrons. The average Bonchev–Trinajstić information content (AvgIpc) is 2.38. The number of carbonyl (C=O) groups excluding carboxylic acids is 1. The van der Waals surface area contributed by atoms with Crippen molar-refractivity contribution in [2.45, 2.75) is 19.5 Å². The number of aromatic nitrogens is 1. The maximum absolute atomic E-state index is 12.4. The number of benzene rings is 1. The molecule has 0 unspecified atom stereocenters. The molecule has 5 heteroatoms. The maximum Gasteiger partial charge on any atom is 0.417 e. The Morgan fingerprint density at radius 1 is 1.20 bits per heavy atom. The quantitative estimate of drug-likeness (QED) is 0.799. The summed E-state index contributed by atoms with van der Waals surface area (Å²) in [5, 5.41) is 0. The van der Waals surface area contributed by atoms with Crippen molar-refractivity contribution in [1.82, 2.24) is 4.98 Å². The van der Waals surface area contributed by atoms with Gasteiger partial charge in [0.25, 0.3) is 0 Å². The number of halogens is 3. The van der Waals surface area contributed by atoms with Crippen LogP contribution in [0.5, 0.6) is 0 Å². The summed E-state index contributed by atoms with van der Waals surface area (Å²) in [5.74, 6) is -0.302. The molecule has 1 aromatic carbocycles. The first kappa shape index (κ1) is 14.2. The minimum absolute atomic E-state index is 0.0412. The van der Waals surface area contributed by atoms with Gasteiger partial charge in [-0.1, -0.05) is 29.8 Å². The number of hydrogen-bond acceptors (Lipinski definition) is 2. The van der Waals surface area contributed by atoms with Gasteiger partial charge in [0.05, 0.1) is 5.56 Å². The van der Waals surface area contributed by atoms with Gasteiger partial charge in [-0.3, -0.25) is 9.78 Å². The molecule has 0 atom stereocenters. The highest BCUT2D eigenvalue weighted by Gasteiger charge is 2.30. The first-order valence-electron chi connectivity index (χ1n) is 5.98. The van der Waals surface area contributed by atoms with Gasteiger partial charge in [-0.15, -0.1) is 0 Å². The molecule has 0 saturated heterocycles. The zero-order chi connectivity index (χ0) is 14.8. The lowest BCUT2D eigenvalue weighted by molar-refractivity contribution is -0.137. The third-order valence-corrected chi connectivity index (χ3v) is 2.82. The number of aryl methyl sites for hydroxylation is 1. The third-order valence-electron chi connectivity index (χ3n) is 2.82. The van der Waals surface area contributed by atoms with Crippen LogP contribution in [-0.4, -0.2) is 10.8 Å². The number of pyridine rings is 1. The maximum atomic E-state index is 12.4. The molecule has 20 heavy (non-hydrogen) atoms. The number of ketones is 1. The van der Waals surface area contributed by atoms with Crippen molar-refractivity contribution in [3.8, 4) is 0 Å². The molecule has 2 aromatic rings. The number of Topliss-reactive ketones (excluding diaryl/α,β-unsaturated/α-hetero) is 1. The Bertz CT molecular complexity index is 618. The van der Waals surface area contributed by atoms with Gasteiger partial charge in [0.1, 0.15) is 5.69 Å². The second-order valence-corrected chi connectivity index (χ2v) is 4.52. The lowest BCUT2D eigenvalue weighted by Gasteiger charge is -2.06. The zero-order valence-corrected chi connectivity index (χ0v) is 10.7. The molecule has 2 rings (SSSR count). The van der Waals surface area contributed by atoms with E-state index in [-0.39, 0.29) is 17.9 Å². The van der Waals surface area contributed by atoms with Crippen LogP contribution in [0.2, 0.25) is 0 Å².